The molecule has 0 saturated heterocycles. The maximum atomic E-state index is 11.1. The van der Waals surface area contributed by atoms with E-state index in [2.05, 4.69) is 77.9 Å². The lowest BCUT2D eigenvalue weighted by Crippen LogP contribution is -2.10. The van der Waals surface area contributed by atoms with E-state index in [1.807, 2.05) is 0 Å². The number of hydrogen-bond acceptors (Lipinski definition) is 3. The van der Waals surface area contributed by atoms with Crippen molar-refractivity contribution in [1.82, 2.24) is 0 Å². The normalized spacial score (nSPS) is 11.5. The fourth-order valence-corrected chi connectivity index (χ4v) is 7.81. The molecule has 0 unspecified atom stereocenters. The van der Waals surface area contributed by atoms with Crippen LogP contribution >= 0.6 is 0 Å². The highest BCUT2D eigenvalue weighted by atomic mass is 32.2. The molecule has 0 aliphatic carbocycles. The SMILES string of the molecule is CCCCc1cc([S+](c2cc(CC)c(O)c(CCCC)c2)c2cc(CC)c(O)c(CCCC)c2)cc(CC)c1O. The van der Waals surface area contributed by atoms with Gasteiger partial charge in [0.15, 0.2) is 14.7 Å². The summed E-state index contributed by atoms with van der Waals surface area (Å²) in [5.74, 6) is 1.32. The molecule has 0 amide bonds. The van der Waals surface area contributed by atoms with Gasteiger partial charge in [-0.05, 0) is 91.2 Å². The van der Waals surface area contributed by atoms with Gasteiger partial charge in [0.05, 0.1) is 10.9 Å². The van der Waals surface area contributed by atoms with Crippen LogP contribution in [0.2, 0.25) is 0 Å². The van der Waals surface area contributed by atoms with Gasteiger partial charge in [0.1, 0.15) is 17.2 Å². The molecule has 3 aromatic carbocycles. The summed E-state index contributed by atoms with van der Waals surface area (Å²) in [7, 11) is -0.456. The first-order valence-corrected chi connectivity index (χ1v) is 16.8. The van der Waals surface area contributed by atoms with Gasteiger partial charge in [0.2, 0.25) is 0 Å². The Bertz CT molecular complexity index is 1110. The Morgan fingerprint density at radius 3 is 0.900 bits per heavy atom. The minimum absolute atomic E-state index is 0.440. The molecule has 0 radical (unpaired) electrons. The van der Waals surface area contributed by atoms with Crippen molar-refractivity contribution in [2.45, 2.75) is 133 Å². The first kappa shape index (κ1) is 31.9. The molecule has 0 aliphatic rings. The number of aromatic hydroxyl groups is 3. The Morgan fingerprint density at radius 1 is 0.425 bits per heavy atom. The van der Waals surface area contributed by atoms with E-state index in [1.54, 1.807) is 0 Å². The fourth-order valence-electron chi connectivity index (χ4n) is 5.43. The molecule has 0 saturated carbocycles. The van der Waals surface area contributed by atoms with Crippen LogP contribution in [-0.2, 0) is 49.4 Å². The average molecular weight is 564 g/mol. The molecule has 0 aliphatic heterocycles. The van der Waals surface area contributed by atoms with Crippen molar-refractivity contribution in [3.63, 3.8) is 0 Å². The molecule has 0 bridgehead atoms. The van der Waals surface area contributed by atoms with E-state index in [0.717, 1.165) is 110 Å². The summed E-state index contributed by atoms with van der Waals surface area (Å²) in [4.78, 5) is 3.59. The molecule has 3 rings (SSSR count). The molecule has 3 N–H and O–H groups in total. The zero-order chi connectivity index (χ0) is 29.2. The molecule has 0 aromatic heterocycles. The number of unbranched alkanes of at least 4 members (excludes halogenated alkanes) is 3. The minimum atomic E-state index is -0.456. The van der Waals surface area contributed by atoms with Crippen LogP contribution in [0.4, 0.5) is 0 Å². The predicted molar refractivity (Wildman–Crippen MR) is 170 cm³/mol. The molecule has 218 valence electrons. The molecule has 3 aromatic rings. The van der Waals surface area contributed by atoms with Crippen LogP contribution in [0.3, 0.4) is 0 Å². The van der Waals surface area contributed by atoms with E-state index in [1.165, 1.54) is 14.7 Å². The van der Waals surface area contributed by atoms with Gasteiger partial charge in [-0.3, -0.25) is 0 Å². The summed E-state index contributed by atoms with van der Waals surface area (Å²) in [6.45, 7) is 12.9. The average Bonchev–Trinajstić information content (AvgIpc) is 2.96. The van der Waals surface area contributed by atoms with E-state index in [0.29, 0.717) is 17.2 Å². The third kappa shape index (κ3) is 7.37. The summed E-state index contributed by atoms with van der Waals surface area (Å²) >= 11 is 0. The maximum absolute atomic E-state index is 11.1. The largest absolute Gasteiger partial charge is 0.507 e. The number of aryl methyl sites for hydroxylation is 6. The first-order valence-electron chi connectivity index (χ1n) is 15.6. The topological polar surface area (TPSA) is 60.7 Å². The first-order chi connectivity index (χ1) is 19.3. The number of rotatable bonds is 15. The van der Waals surface area contributed by atoms with Crippen LogP contribution in [0, 0.1) is 0 Å². The minimum Gasteiger partial charge on any atom is -0.507 e. The molecule has 3 nitrogen and oxygen atoms in total. The van der Waals surface area contributed by atoms with Gasteiger partial charge >= 0.3 is 0 Å². The molecule has 4 heteroatoms. The van der Waals surface area contributed by atoms with Crippen LogP contribution in [0.15, 0.2) is 51.1 Å². The lowest BCUT2D eigenvalue weighted by molar-refractivity contribution is 0.459. The number of phenols is 3. The van der Waals surface area contributed by atoms with Gasteiger partial charge < -0.3 is 15.3 Å². The van der Waals surface area contributed by atoms with Gasteiger partial charge in [0, 0.05) is 36.4 Å². The van der Waals surface area contributed by atoms with Gasteiger partial charge in [-0.25, -0.2) is 0 Å². The predicted octanol–water partition coefficient (Wildman–Crippen LogP) is 9.61. The standard InChI is InChI=1S/C36H50O3S/c1-7-13-16-28-22-31(19-25(10-4)34(28)37)40(32-20-26(11-5)35(38)29(23-32)17-14-8-2)33-21-27(12-6)36(39)30(24-33)18-15-9-3/h19-24H,7-18H2,1-6H3,(H2-,37,38,39)/p+1. The Morgan fingerprint density at radius 2 is 0.675 bits per heavy atom. The number of phenolic OH excluding ortho intramolecular Hbond substituents is 3. The van der Waals surface area contributed by atoms with Crippen LogP contribution in [0.1, 0.15) is 113 Å². The zero-order valence-corrected chi connectivity index (χ0v) is 26.5. The Kier molecular flexibility index (Phi) is 12.3. The number of hydrogen-bond donors (Lipinski definition) is 3. The summed E-state index contributed by atoms with van der Waals surface area (Å²) < 4.78 is 0. The highest BCUT2D eigenvalue weighted by Gasteiger charge is 2.33. The summed E-state index contributed by atoms with van der Waals surface area (Å²) in [6.07, 6.45) is 11.2. The third-order valence-electron chi connectivity index (χ3n) is 7.97. The van der Waals surface area contributed by atoms with E-state index in [-0.39, 0.29) is 0 Å². The molecule has 0 spiro atoms. The van der Waals surface area contributed by atoms with E-state index in [9.17, 15) is 15.3 Å². The smallest absolute Gasteiger partial charge is 0.167 e. The monoisotopic (exact) mass is 563 g/mol. The molecule has 40 heavy (non-hydrogen) atoms. The van der Waals surface area contributed by atoms with Crippen LogP contribution < -0.4 is 0 Å². The van der Waals surface area contributed by atoms with Gasteiger partial charge in [-0.1, -0.05) is 60.8 Å². The van der Waals surface area contributed by atoms with Gasteiger partial charge in [-0.15, -0.1) is 0 Å². The van der Waals surface area contributed by atoms with Gasteiger partial charge in [-0.2, -0.15) is 0 Å². The summed E-state index contributed by atoms with van der Waals surface area (Å²) in [5.41, 5.74) is 6.04. The third-order valence-corrected chi connectivity index (χ3v) is 10.1. The number of benzene rings is 3. The van der Waals surface area contributed by atoms with Crippen molar-refractivity contribution in [2.24, 2.45) is 0 Å². The lowest BCUT2D eigenvalue weighted by Gasteiger charge is -2.18. The van der Waals surface area contributed by atoms with E-state index >= 15 is 0 Å². The van der Waals surface area contributed by atoms with Gasteiger partial charge in [0.25, 0.3) is 0 Å². The Labute approximate surface area is 246 Å². The van der Waals surface area contributed by atoms with Crippen molar-refractivity contribution in [1.29, 1.82) is 0 Å². The Balaban J connectivity index is 2.36. The van der Waals surface area contributed by atoms with Crippen molar-refractivity contribution >= 4 is 10.9 Å². The Hall–Kier alpha value is -2.59. The highest BCUT2D eigenvalue weighted by molar-refractivity contribution is 7.97. The second-order valence-electron chi connectivity index (χ2n) is 10.9. The maximum Gasteiger partial charge on any atom is 0.167 e. The summed E-state index contributed by atoms with van der Waals surface area (Å²) in [6, 6.07) is 13.3. The van der Waals surface area contributed by atoms with Crippen molar-refractivity contribution in [3.05, 3.63) is 69.8 Å². The van der Waals surface area contributed by atoms with Crippen molar-refractivity contribution in [2.75, 3.05) is 0 Å². The zero-order valence-electron chi connectivity index (χ0n) is 25.7. The molecular formula is C36H51O3S+. The molecule has 0 heterocycles. The summed E-state index contributed by atoms with van der Waals surface area (Å²) in [5, 5.41) is 33.4. The molecular weight excluding hydrogens is 512 g/mol. The van der Waals surface area contributed by atoms with Crippen molar-refractivity contribution in [3.8, 4) is 17.2 Å². The lowest BCUT2D eigenvalue weighted by atomic mass is 10.0. The van der Waals surface area contributed by atoms with Crippen molar-refractivity contribution < 1.29 is 15.3 Å². The van der Waals surface area contributed by atoms with E-state index < -0.39 is 10.9 Å². The highest BCUT2D eigenvalue weighted by Crippen LogP contribution is 2.41. The second kappa shape index (κ2) is 15.4. The quantitative estimate of drug-likeness (QED) is 0.161. The van der Waals surface area contributed by atoms with Crippen LogP contribution in [0.5, 0.6) is 17.2 Å². The van der Waals surface area contributed by atoms with Crippen LogP contribution in [-0.4, -0.2) is 15.3 Å². The second-order valence-corrected chi connectivity index (χ2v) is 13.0. The van der Waals surface area contributed by atoms with Crippen LogP contribution in [0.25, 0.3) is 0 Å². The fraction of sp³-hybridized carbons (Fsp3) is 0.500. The molecule has 0 fully saturated rings. The van der Waals surface area contributed by atoms with E-state index in [4.69, 9.17) is 0 Å². The molecule has 0 atom stereocenters.